The van der Waals surface area contributed by atoms with Gasteiger partial charge in [-0.3, -0.25) is 0 Å². The lowest BCUT2D eigenvalue weighted by atomic mass is 10.3. The van der Waals surface area contributed by atoms with Gasteiger partial charge in [-0.1, -0.05) is 58.5 Å². The molecule has 0 spiro atoms. The number of benzene rings is 2. The standard InChI is InChI=1S/C14H10Cl4N2/c1-8(19-13-9(15)4-2-5-10(13)16)20-14-11(17)6-3-7-12(14)18/h2-7H,1H3,(H,19,20). The molecule has 20 heavy (non-hydrogen) atoms. The number of hydrogen-bond acceptors (Lipinski definition) is 1. The fraction of sp³-hybridized carbons (Fsp3) is 0.0714. The number of amidine groups is 1. The maximum atomic E-state index is 6.09. The third kappa shape index (κ3) is 3.58. The molecule has 6 heteroatoms. The Bertz CT molecular complexity index is 628. The van der Waals surface area contributed by atoms with Gasteiger partial charge in [0.25, 0.3) is 0 Å². The van der Waals surface area contributed by atoms with Crippen molar-refractivity contribution < 1.29 is 0 Å². The van der Waals surface area contributed by atoms with Gasteiger partial charge in [0.2, 0.25) is 0 Å². The Morgan fingerprint density at radius 3 is 1.80 bits per heavy atom. The first kappa shape index (κ1) is 15.5. The van der Waals surface area contributed by atoms with Gasteiger partial charge in [-0.2, -0.15) is 0 Å². The van der Waals surface area contributed by atoms with E-state index in [-0.39, 0.29) is 0 Å². The predicted octanol–water partition coefficient (Wildman–Crippen LogP) is 6.46. The molecule has 0 fully saturated rings. The summed E-state index contributed by atoms with van der Waals surface area (Å²) in [4.78, 5) is 4.36. The van der Waals surface area contributed by atoms with Crippen molar-refractivity contribution in [3.05, 3.63) is 56.5 Å². The van der Waals surface area contributed by atoms with Crippen LogP contribution in [0.2, 0.25) is 20.1 Å². The van der Waals surface area contributed by atoms with E-state index in [1.165, 1.54) is 0 Å². The minimum Gasteiger partial charge on any atom is -0.342 e. The number of halogens is 4. The first-order chi connectivity index (χ1) is 9.49. The average Bonchev–Trinajstić information content (AvgIpc) is 2.39. The van der Waals surface area contributed by atoms with E-state index in [0.29, 0.717) is 37.3 Å². The quantitative estimate of drug-likeness (QED) is 0.489. The second-order valence-corrected chi connectivity index (χ2v) is 5.62. The van der Waals surface area contributed by atoms with Crippen molar-refractivity contribution in [2.45, 2.75) is 6.92 Å². The Labute approximate surface area is 137 Å². The van der Waals surface area contributed by atoms with E-state index in [9.17, 15) is 0 Å². The zero-order valence-electron chi connectivity index (χ0n) is 10.4. The van der Waals surface area contributed by atoms with Crippen molar-refractivity contribution in [2.24, 2.45) is 4.99 Å². The zero-order chi connectivity index (χ0) is 14.7. The fourth-order valence-corrected chi connectivity index (χ4v) is 2.56. The maximum Gasteiger partial charge on any atom is 0.104 e. The molecular weight excluding hydrogens is 338 g/mol. The summed E-state index contributed by atoms with van der Waals surface area (Å²) < 4.78 is 0. The number of aliphatic imine (C=N–C) groups is 1. The van der Waals surface area contributed by atoms with E-state index >= 15 is 0 Å². The molecule has 0 atom stereocenters. The van der Waals surface area contributed by atoms with Crippen LogP contribution in [0.3, 0.4) is 0 Å². The Morgan fingerprint density at radius 1 is 0.850 bits per heavy atom. The highest BCUT2D eigenvalue weighted by Gasteiger charge is 2.08. The molecule has 0 bridgehead atoms. The number of hydrogen-bond donors (Lipinski definition) is 1. The summed E-state index contributed by atoms with van der Waals surface area (Å²) in [6, 6.07) is 10.5. The minimum atomic E-state index is 0.476. The first-order valence-corrected chi connectivity index (χ1v) is 7.20. The van der Waals surface area contributed by atoms with E-state index in [0.717, 1.165) is 0 Å². The minimum absolute atomic E-state index is 0.476. The smallest absolute Gasteiger partial charge is 0.104 e. The second-order valence-electron chi connectivity index (χ2n) is 3.99. The summed E-state index contributed by atoms with van der Waals surface area (Å²) in [7, 11) is 0. The third-order valence-electron chi connectivity index (χ3n) is 2.49. The summed E-state index contributed by atoms with van der Waals surface area (Å²) in [6.45, 7) is 1.78. The molecule has 0 aliphatic heterocycles. The number of rotatable bonds is 2. The van der Waals surface area contributed by atoms with Crippen LogP contribution in [0.25, 0.3) is 0 Å². The van der Waals surface area contributed by atoms with Crippen LogP contribution in [0.15, 0.2) is 41.4 Å². The summed E-state index contributed by atoms with van der Waals surface area (Å²) in [5.74, 6) is 0.579. The van der Waals surface area contributed by atoms with Crippen molar-refractivity contribution >= 4 is 63.6 Å². The highest BCUT2D eigenvalue weighted by molar-refractivity contribution is 6.40. The van der Waals surface area contributed by atoms with Crippen molar-refractivity contribution in [2.75, 3.05) is 5.32 Å². The van der Waals surface area contributed by atoms with Crippen LogP contribution in [-0.4, -0.2) is 5.84 Å². The molecule has 0 saturated carbocycles. The van der Waals surface area contributed by atoms with Gasteiger partial charge in [0.15, 0.2) is 0 Å². The van der Waals surface area contributed by atoms with Gasteiger partial charge >= 0.3 is 0 Å². The van der Waals surface area contributed by atoms with Gasteiger partial charge in [-0.25, -0.2) is 4.99 Å². The predicted molar refractivity (Wildman–Crippen MR) is 89.3 cm³/mol. The summed E-state index contributed by atoms with van der Waals surface area (Å²) in [6.07, 6.45) is 0. The molecule has 1 N–H and O–H groups in total. The average molecular weight is 348 g/mol. The van der Waals surface area contributed by atoms with Gasteiger partial charge in [0.05, 0.1) is 25.8 Å². The zero-order valence-corrected chi connectivity index (χ0v) is 13.4. The molecule has 0 aliphatic rings. The molecule has 2 aromatic rings. The van der Waals surface area contributed by atoms with Crippen LogP contribution in [0.1, 0.15) is 6.92 Å². The largest absolute Gasteiger partial charge is 0.342 e. The number of para-hydroxylation sites is 2. The van der Waals surface area contributed by atoms with E-state index in [2.05, 4.69) is 10.3 Å². The molecule has 0 saturated heterocycles. The lowest BCUT2D eigenvalue weighted by Crippen LogP contribution is -2.07. The van der Waals surface area contributed by atoms with Gasteiger partial charge < -0.3 is 5.32 Å². The Morgan fingerprint density at radius 2 is 1.30 bits per heavy atom. The molecule has 0 aliphatic carbocycles. The first-order valence-electron chi connectivity index (χ1n) is 5.69. The van der Waals surface area contributed by atoms with E-state index < -0.39 is 0 Å². The van der Waals surface area contributed by atoms with Gasteiger partial charge in [0, 0.05) is 0 Å². The monoisotopic (exact) mass is 346 g/mol. The van der Waals surface area contributed by atoms with Crippen molar-refractivity contribution in [1.82, 2.24) is 0 Å². The van der Waals surface area contributed by atoms with E-state index in [1.807, 2.05) is 0 Å². The number of nitrogens with zero attached hydrogens (tertiary/aromatic N) is 1. The number of nitrogens with one attached hydrogen (secondary N) is 1. The van der Waals surface area contributed by atoms with Crippen molar-refractivity contribution in [3.63, 3.8) is 0 Å². The van der Waals surface area contributed by atoms with Crippen LogP contribution in [-0.2, 0) is 0 Å². The number of anilines is 1. The van der Waals surface area contributed by atoms with E-state index in [1.54, 1.807) is 43.3 Å². The summed E-state index contributed by atoms with van der Waals surface area (Å²) in [5.41, 5.74) is 1.10. The molecule has 2 nitrogen and oxygen atoms in total. The van der Waals surface area contributed by atoms with Crippen LogP contribution < -0.4 is 5.32 Å². The molecule has 2 aromatic carbocycles. The molecule has 0 amide bonds. The highest BCUT2D eigenvalue weighted by atomic mass is 35.5. The van der Waals surface area contributed by atoms with Gasteiger partial charge in [0.1, 0.15) is 11.5 Å². The molecule has 104 valence electrons. The van der Waals surface area contributed by atoms with Crippen molar-refractivity contribution in [3.8, 4) is 0 Å². The Hall–Kier alpha value is -0.930. The third-order valence-corrected chi connectivity index (χ3v) is 3.73. The van der Waals surface area contributed by atoms with Crippen molar-refractivity contribution in [1.29, 1.82) is 0 Å². The van der Waals surface area contributed by atoms with Crippen LogP contribution >= 0.6 is 46.4 Å². The summed E-state index contributed by atoms with van der Waals surface area (Å²) in [5, 5.41) is 5.02. The van der Waals surface area contributed by atoms with Gasteiger partial charge in [-0.05, 0) is 31.2 Å². The lowest BCUT2D eigenvalue weighted by molar-refractivity contribution is 1.46. The molecule has 2 rings (SSSR count). The SMILES string of the molecule is CC(=Nc1c(Cl)cccc1Cl)Nc1c(Cl)cccc1Cl. The highest BCUT2D eigenvalue weighted by Crippen LogP contribution is 2.34. The molecular formula is C14H10Cl4N2. The second kappa shape index (κ2) is 6.68. The van der Waals surface area contributed by atoms with E-state index in [4.69, 9.17) is 46.4 Å². The molecule has 0 radical (unpaired) electrons. The fourth-order valence-electron chi connectivity index (χ4n) is 1.59. The van der Waals surface area contributed by atoms with Gasteiger partial charge in [-0.15, -0.1) is 0 Å². The Kier molecular flexibility index (Phi) is 5.17. The maximum absolute atomic E-state index is 6.09. The Balaban J connectivity index is 2.33. The molecule has 0 aromatic heterocycles. The summed E-state index contributed by atoms with van der Waals surface area (Å²) >= 11 is 24.3. The van der Waals surface area contributed by atoms with Crippen LogP contribution in [0.4, 0.5) is 11.4 Å². The normalized spacial score (nSPS) is 11.6. The van der Waals surface area contributed by atoms with Crippen LogP contribution in [0.5, 0.6) is 0 Å². The van der Waals surface area contributed by atoms with Crippen LogP contribution in [0, 0.1) is 0 Å². The lowest BCUT2D eigenvalue weighted by Gasteiger charge is -2.10. The topological polar surface area (TPSA) is 24.4 Å². The molecule has 0 heterocycles. The molecule has 0 unspecified atom stereocenters.